The Labute approximate surface area is 215 Å². The first-order valence-electron chi connectivity index (χ1n) is 11.8. The van der Waals surface area contributed by atoms with Crippen LogP contribution in [0.5, 0.6) is 5.75 Å². The van der Waals surface area contributed by atoms with Gasteiger partial charge >= 0.3 is 0 Å². The summed E-state index contributed by atoms with van der Waals surface area (Å²) >= 11 is 6.38. The van der Waals surface area contributed by atoms with Gasteiger partial charge in [0.05, 0.1) is 41.9 Å². The highest BCUT2D eigenvalue weighted by Crippen LogP contribution is 2.31. The van der Waals surface area contributed by atoms with Gasteiger partial charge in [0, 0.05) is 23.4 Å². The van der Waals surface area contributed by atoms with E-state index in [1.165, 1.54) is 0 Å². The van der Waals surface area contributed by atoms with E-state index in [0.717, 1.165) is 17.5 Å². The Morgan fingerprint density at radius 2 is 1.92 bits per heavy atom. The fourth-order valence-corrected chi connectivity index (χ4v) is 3.98. The van der Waals surface area contributed by atoms with E-state index >= 15 is 0 Å². The normalized spacial score (nSPS) is 11.8. The van der Waals surface area contributed by atoms with Crippen LogP contribution < -0.4 is 15.4 Å². The summed E-state index contributed by atoms with van der Waals surface area (Å²) in [7, 11) is 1.55. The van der Waals surface area contributed by atoms with Crippen LogP contribution >= 0.6 is 11.6 Å². The number of amides is 1. The third kappa shape index (κ3) is 5.66. The summed E-state index contributed by atoms with van der Waals surface area (Å²) < 4.78 is 7.40. The Bertz CT molecular complexity index is 1340. The van der Waals surface area contributed by atoms with Crippen LogP contribution in [0.15, 0.2) is 67.1 Å². The van der Waals surface area contributed by atoms with Gasteiger partial charge in [-0.25, -0.2) is 9.97 Å². The molecule has 0 saturated carbocycles. The van der Waals surface area contributed by atoms with Crippen LogP contribution in [-0.4, -0.2) is 32.8 Å². The van der Waals surface area contributed by atoms with E-state index in [4.69, 9.17) is 16.3 Å². The van der Waals surface area contributed by atoms with Crippen LogP contribution in [0.3, 0.4) is 0 Å². The Morgan fingerprint density at radius 1 is 1.14 bits per heavy atom. The summed E-state index contributed by atoms with van der Waals surface area (Å²) in [6.07, 6.45) is 5.95. The summed E-state index contributed by atoms with van der Waals surface area (Å²) in [5.41, 5.74) is 3.54. The summed E-state index contributed by atoms with van der Waals surface area (Å²) in [5.74, 6) is 0.656. The fourth-order valence-electron chi connectivity index (χ4n) is 3.78. The number of rotatable bonds is 9. The molecule has 0 spiro atoms. The molecule has 2 N–H and O–H groups in total. The van der Waals surface area contributed by atoms with Crippen molar-refractivity contribution in [2.45, 2.75) is 39.3 Å². The molecule has 2 aromatic carbocycles. The van der Waals surface area contributed by atoms with Gasteiger partial charge < -0.3 is 15.4 Å². The van der Waals surface area contributed by atoms with Crippen LogP contribution in [0.2, 0.25) is 5.02 Å². The lowest BCUT2D eigenvalue weighted by Crippen LogP contribution is -2.28. The molecule has 1 unspecified atom stereocenters. The Morgan fingerprint density at radius 3 is 2.58 bits per heavy atom. The zero-order chi connectivity index (χ0) is 25.7. The van der Waals surface area contributed by atoms with Crippen LogP contribution in [-0.2, 0) is 0 Å². The highest BCUT2D eigenvalue weighted by Gasteiger charge is 2.17. The number of carbonyl (C=O) groups is 1. The summed E-state index contributed by atoms with van der Waals surface area (Å²) in [5, 5.41) is 11.1. The van der Waals surface area contributed by atoms with Crippen molar-refractivity contribution in [3.63, 3.8) is 0 Å². The number of hydrogen-bond acceptors (Lipinski definition) is 6. The van der Waals surface area contributed by atoms with Crippen molar-refractivity contribution in [2.75, 3.05) is 12.4 Å². The summed E-state index contributed by atoms with van der Waals surface area (Å²) in [4.78, 5) is 21.9. The topological polar surface area (TPSA) is 94.0 Å². The number of hydrogen-bond donors (Lipinski definition) is 2. The number of anilines is 2. The lowest BCUT2D eigenvalue weighted by molar-refractivity contribution is 0.0935. The number of ether oxygens (including phenoxy) is 1. The molecule has 1 amide bonds. The second-order valence-corrected chi connectivity index (χ2v) is 8.99. The largest absolute Gasteiger partial charge is 0.495 e. The van der Waals surface area contributed by atoms with Gasteiger partial charge in [0.2, 0.25) is 5.95 Å². The minimum Gasteiger partial charge on any atom is -0.495 e. The first-order valence-corrected chi connectivity index (χ1v) is 12.1. The molecule has 0 aliphatic heterocycles. The lowest BCUT2D eigenvalue weighted by atomic mass is 10.0. The molecule has 8 nitrogen and oxygen atoms in total. The average Bonchev–Trinajstić information content (AvgIpc) is 3.39. The van der Waals surface area contributed by atoms with Crippen molar-refractivity contribution in [3.8, 4) is 17.0 Å². The van der Waals surface area contributed by atoms with E-state index < -0.39 is 0 Å². The van der Waals surface area contributed by atoms with Crippen molar-refractivity contribution in [2.24, 2.45) is 0 Å². The molecular weight excluding hydrogens is 476 g/mol. The van der Waals surface area contributed by atoms with Crippen LogP contribution in [0.4, 0.5) is 11.6 Å². The first-order chi connectivity index (χ1) is 17.4. The van der Waals surface area contributed by atoms with Gasteiger partial charge in [-0.05, 0) is 44.0 Å². The highest BCUT2D eigenvalue weighted by atomic mass is 35.5. The third-order valence-electron chi connectivity index (χ3n) is 5.77. The van der Waals surface area contributed by atoms with Gasteiger partial charge in [-0.3, -0.25) is 9.48 Å². The molecule has 0 aliphatic rings. The van der Waals surface area contributed by atoms with Gasteiger partial charge in [-0.1, -0.05) is 48.9 Å². The molecule has 0 fully saturated rings. The smallest absolute Gasteiger partial charge is 0.251 e. The molecule has 186 valence electrons. The second kappa shape index (κ2) is 11.2. The quantitative estimate of drug-likeness (QED) is 0.281. The number of benzene rings is 2. The molecule has 2 heterocycles. The maximum absolute atomic E-state index is 13.0. The van der Waals surface area contributed by atoms with E-state index in [1.807, 2.05) is 62.0 Å². The number of nitrogens with one attached hydrogen (secondary N) is 2. The van der Waals surface area contributed by atoms with Gasteiger partial charge in [0.1, 0.15) is 5.75 Å². The number of aromatic nitrogens is 4. The first kappa shape index (κ1) is 25.2. The van der Waals surface area contributed by atoms with Crippen molar-refractivity contribution >= 4 is 29.1 Å². The zero-order valence-electron chi connectivity index (χ0n) is 20.7. The SMILES string of the molecule is CCC(NC(=O)c1ccc(Nc2ncc(Cl)c(-c3cnn(C(C)C)c3)n2)c(OC)c1)c1ccccc1. The van der Waals surface area contributed by atoms with Gasteiger partial charge in [0.25, 0.3) is 5.91 Å². The second-order valence-electron chi connectivity index (χ2n) is 8.58. The zero-order valence-corrected chi connectivity index (χ0v) is 21.5. The monoisotopic (exact) mass is 504 g/mol. The number of nitrogens with zero attached hydrogens (tertiary/aromatic N) is 4. The average molecular weight is 505 g/mol. The molecule has 36 heavy (non-hydrogen) atoms. The molecular formula is C27H29ClN6O2. The van der Waals surface area contributed by atoms with Gasteiger partial charge in [0.15, 0.2) is 0 Å². The van der Waals surface area contributed by atoms with Crippen molar-refractivity contribution in [1.82, 2.24) is 25.1 Å². The van der Waals surface area contributed by atoms with Crippen molar-refractivity contribution < 1.29 is 9.53 Å². The Kier molecular flexibility index (Phi) is 7.85. The minimum absolute atomic E-state index is 0.0802. The Balaban J connectivity index is 1.54. The molecule has 4 rings (SSSR count). The third-order valence-corrected chi connectivity index (χ3v) is 6.05. The maximum Gasteiger partial charge on any atom is 0.251 e. The highest BCUT2D eigenvalue weighted by molar-refractivity contribution is 6.32. The number of halogens is 1. The minimum atomic E-state index is -0.178. The predicted octanol–water partition coefficient (Wildman–Crippen LogP) is 6.21. The van der Waals surface area contributed by atoms with E-state index in [9.17, 15) is 4.79 Å². The van der Waals surface area contributed by atoms with Crippen LogP contribution in [0.25, 0.3) is 11.3 Å². The van der Waals surface area contributed by atoms with Crippen LogP contribution in [0, 0.1) is 0 Å². The van der Waals surface area contributed by atoms with Crippen LogP contribution in [0.1, 0.15) is 55.2 Å². The summed E-state index contributed by atoms with van der Waals surface area (Å²) in [6.45, 7) is 6.14. The van der Waals surface area contributed by atoms with E-state index in [1.54, 1.807) is 37.7 Å². The van der Waals surface area contributed by atoms with Crippen molar-refractivity contribution in [3.05, 3.63) is 83.3 Å². The number of methoxy groups -OCH3 is 1. The molecule has 0 aliphatic carbocycles. The summed E-state index contributed by atoms with van der Waals surface area (Å²) in [6, 6.07) is 15.3. The molecule has 2 aromatic heterocycles. The van der Waals surface area contributed by atoms with Gasteiger partial charge in [-0.2, -0.15) is 5.10 Å². The maximum atomic E-state index is 13.0. The molecule has 9 heteroatoms. The molecule has 0 saturated heterocycles. The van der Waals surface area contributed by atoms with E-state index in [-0.39, 0.29) is 18.0 Å². The standard InChI is InChI=1S/C27H29ClN6O2/c1-5-22(18-9-7-6-8-10-18)31-26(35)19-11-12-23(24(13-19)36-4)32-27-29-15-21(28)25(33-27)20-14-30-34(16-20)17(2)3/h6-17,22H,5H2,1-4H3,(H,31,35)(H,29,32,33). The molecule has 4 aromatic rings. The molecule has 0 radical (unpaired) electrons. The van der Waals surface area contributed by atoms with E-state index in [0.29, 0.717) is 33.7 Å². The fraction of sp³-hybridized carbons (Fsp3) is 0.259. The molecule has 0 bridgehead atoms. The Hall–Kier alpha value is -3.91. The van der Waals surface area contributed by atoms with Crippen molar-refractivity contribution in [1.29, 1.82) is 0 Å². The lowest BCUT2D eigenvalue weighted by Gasteiger charge is -2.18. The molecule has 1 atom stereocenters. The van der Waals surface area contributed by atoms with Gasteiger partial charge in [-0.15, -0.1) is 0 Å². The van der Waals surface area contributed by atoms with E-state index in [2.05, 4.69) is 25.7 Å². The predicted molar refractivity (Wildman–Crippen MR) is 142 cm³/mol. The number of carbonyl (C=O) groups excluding carboxylic acids is 1.